The van der Waals surface area contributed by atoms with Gasteiger partial charge in [0, 0.05) is 30.6 Å². The number of thioether (sulfide) groups is 1. The number of primary amides is 1. The molecule has 0 radical (unpaired) electrons. The second-order valence-corrected chi connectivity index (χ2v) is 10.2. The number of hydrogen-bond donors (Lipinski definition) is 7. The molecule has 37 heavy (non-hydrogen) atoms. The van der Waals surface area contributed by atoms with Crippen LogP contribution in [0.5, 0.6) is 0 Å². The van der Waals surface area contributed by atoms with Crippen LogP contribution in [-0.2, 0) is 4.79 Å². The van der Waals surface area contributed by atoms with Crippen LogP contribution in [0.2, 0.25) is 0 Å². The van der Waals surface area contributed by atoms with E-state index in [1.807, 2.05) is 0 Å². The first kappa shape index (κ1) is 34.4. The quantitative estimate of drug-likeness (QED) is 0.0669. The second kappa shape index (κ2) is 16.3. The lowest BCUT2D eigenvalue weighted by molar-refractivity contribution is -0.117. The van der Waals surface area contributed by atoms with Crippen LogP contribution < -0.4 is 27.9 Å². The van der Waals surface area contributed by atoms with Crippen molar-refractivity contribution in [3.63, 3.8) is 0 Å². The van der Waals surface area contributed by atoms with E-state index in [0.29, 0.717) is 11.5 Å². The minimum absolute atomic E-state index is 0.104. The molecule has 0 atom stereocenters. The van der Waals surface area contributed by atoms with Gasteiger partial charge >= 0.3 is 0 Å². The molecule has 1 amide bonds. The Bertz CT molecular complexity index is 945. The molecule has 0 aliphatic heterocycles. The maximum absolute atomic E-state index is 15.0. The standard InChI is InChI=1S/C25H42F2N6O3S/c1-7-17(25(4,5)36)12-20(27)19(13-26)21(9-10-22(29)34)37-16-32-23(31-6)11-8-18(14-28)33(30)15-24(2,3)35/h7-9,11-13,31-32,35-36H,10,14-16,28,30H2,1-6H3,(H2,29,34)/b17-7+,18-8+,19-13-,20-12+,21-9-,23-11+. The molecule has 9 nitrogen and oxygen atoms in total. The predicted octanol–water partition coefficient (Wildman–Crippen LogP) is 2.30. The van der Waals surface area contributed by atoms with Crippen LogP contribution in [0.15, 0.2) is 70.1 Å². The number of nitrogens with one attached hydrogen (secondary N) is 2. The molecule has 0 aliphatic carbocycles. The first-order valence-electron chi connectivity index (χ1n) is 11.6. The van der Waals surface area contributed by atoms with Gasteiger partial charge in [0.15, 0.2) is 0 Å². The molecular weight excluding hydrogens is 502 g/mol. The number of hydrogen-bond acceptors (Lipinski definition) is 9. The Morgan fingerprint density at radius 2 is 1.81 bits per heavy atom. The normalized spacial score (nSPS) is 15.1. The first-order valence-corrected chi connectivity index (χ1v) is 12.5. The number of halogens is 2. The van der Waals surface area contributed by atoms with Gasteiger partial charge in [-0.25, -0.2) is 14.6 Å². The number of nitrogens with zero attached hydrogens (tertiary/aromatic N) is 1. The third-order valence-electron chi connectivity index (χ3n) is 4.76. The van der Waals surface area contributed by atoms with Crippen LogP contribution in [0.1, 0.15) is 41.0 Å². The molecule has 210 valence electrons. The fourth-order valence-electron chi connectivity index (χ4n) is 2.89. The molecule has 0 saturated heterocycles. The molecule has 12 heteroatoms. The van der Waals surface area contributed by atoms with Gasteiger partial charge < -0.3 is 37.3 Å². The van der Waals surface area contributed by atoms with Crippen LogP contribution in [0, 0.1) is 0 Å². The molecule has 0 heterocycles. The number of hydrazine groups is 1. The molecule has 0 saturated carbocycles. The number of carbonyl (C=O) groups excluding carboxylic acids is 1. The number of allylic oxidation sites excluding steroid dienone is 5. The van der Waals surface area contributed by atoms with Crippen molar-refractivity contribution in [2.45, 2.75) is 52.2 Å². The monoisotopic (exact) mass is 544 g/mol. The van der Waals surface area contributed by atoms with Crippen molar-refractivity contribution in [2.75, 3.05) is 26.0 Å². The highest BCUT2D eigenvalue weighted by atomic mass is 32.2. The Balaban J connectivity index is 5.78. The van der Waals surface area contributed by atoms with E-state index in [0.717, 1.165) is 17.8 Å². The van der Waals surface area contributed by atoms with E-state index >= 15 is 4.39 Å². The summed E-state index contributed by atoms with van der Waals surface area (Å²) in [5.41, 5.74) is 9.06. The maximum Gasteiger partial charge on any atom is 0.221 e. The minimum atomic E-state index is -1.34. The van der Waals surface area contributed by atoms with Gasteiger partial charge in [-0.3, -0.25) is 4.79 Å². The number of nitrogens with two attached hydrogens (primary N) is 3. The Kier molecular flexibility index (Phi) is 15.1. The van der Waals surface area contributed by atoms with Crippen molar-refractivity contribution >= 4 is 17.7 Å². The van der Waals surface area contributed by atoms with E-state index in [-0.39, 0.29) is 47.8 Å². The molecule has 0 aliphatic rings. The zero-order valence-corrected chi connectivity index (χ0v) is 23.3. The van der Waals surface area contributed by atoms with Gasteiger partial charge in [-0.2, -0.15) is 0 Å². The van der Waals surface area contributed by atoms with Gasteiger partial charge in [0.1, 0.15) is 5.83 Å². The van der Waals surface area contributed by atoms with Gasteiger partial charge in [0.25, 0.3) is 0 Å². The van der Waals surface area contributed by atoms with E-state index in [4.69, 9.17) is 17.3 Å². The van der Waals surface area contributed by atoms with E-state index in [2.05, 4.69) is 10.6 Å². The minimum Gasteiger partial charge on any atom is -0.389 e. The summed E-state index contributed by atoms with van der Waals surface area (Å²) in [6.45, 7) is 8.14. The molecule has 0 aromatic carbocycles. The van der Waals surface area contributed by atoms with Crippen molar-refractivity contribution in [3.05, 3.63) is 70.1 Å². The van der Waals surface area contributed by atoms with E-state index in [1.54, 1.807) is 40.0 Å². The maximum atomic E-state index is 15.0. The number of aliphatic hydroxyl groups is 2. The Hall–Kier alpha value is -2.64. The molecule has 0 unspecified atom stereocenters. The summed E-state index contributed by atoms with van der Waals surface area (Å²) in [4.78, 5) is 11.5. The fraction of sp³-hybridized carbons (Fsp3) is 0.480. The molecule has 0 aromatic rings. The van der Waals surface area contributed by atoms with E-state index in [1.165, 1.54) is 31.0 Å². The lowest BCUT2D eigenvalue weighted by Crippen LogP contribution is -2.43. The number of carbonyl (C=O) groups is 1. The SMILES string of the molecule is C\C=C(/C=C(F)\C(=C\F)C(=C\CC(N)=O)\SCN/C(=C/C=C(\CN)N(N)CC(C)(C)O)NC)C(C)(C)O. The Morgan fingerprint density at radius 3 is 2.24 bits per heavy atom. The van der Waals surface area contributed by atoms with Crippen LogP contribution in [-0.4, -0.2) is 58.3 Å². The second-order valence-electron chi connectivity index (χ2n) is 9.16. The van der Waals surface area contributed by atoms with Crippen molar-refractivity contribution in [3.8, 4) is 0 Å². The van der Waals surface area contributed by atoms with E-state index < -0.39 is 22.9 Å². The van der Waals surface area contributed by atoms with E-state index in [9.17, 15) is 19.4 Å². The van der Waals surface area contributed by atoms with Gasteiger partial charge in [0.05, 0.1) is 41.3 Å². The van der Waals surface area contributed by atoms with Crippen molar-refractivity contribution in [1.29, 1.82) is 0 Å². The molecule has 0 spiro atoms. The molecule has 0 fully saturated rings. The summed E-state index contributed by atoms with van der Waals surface area (Å²) in [5.74, 6) is 5.11. The molecule has 0 rings (SSSR count). The average molecular weight is 545 g/mol. The van der Waals surface area contributed by atoms with Crippen molar-refractivity contribution in [1.82, 2.24) is 15.6 Å². The highest BCUT2D eigenvalue weighted by Gasteiger charge is 2.20. The highest BCUT2D eigenvalue weighted by molar-refractivity contribution is 8.03. The highest BCUT2D eigenvalue weighted by Crippen LogP contribution is 2.32. The summed E-state index contributed by atoms with van der Waals surface area (Å²) in [6.07, 6.45) is 7.13. The van der Waals surface area contributed by atoms with Gasteiger partial charge in [-0.15, -0.1) is 11.8 Å². The molecule has 0 aromatic heterocycles. The van der Waals surface area contributed by atoms with Gasteiger partial charge in [-0.1, -0.05) is 12.2 Å². The summed E-state index contributed by atoms with van der Waals surface area (Å²) in [7, 11) is 1.67. The lowest BCUT2D eigenvalue weighted by atomic mass is 9.96. The summed E-state index contributed by atoms with van der Waals surface area (Å²) in [5, 5.41) is 27.5. The summed E-state index contributed by atoms with van der Waals surface area (Å²) >= 11 is 1.04. The molecule has 0 bridgehead atoms. The fourth-order valence-corrected chi connectivity index (χ4v) is 3.77. The largest absolute Gasteiger partial charge is 0.389 e. The van der Waals surface area contributed by atoms with Crippen LogP contribution >= 0.6 is 11.8 Å². The third-order valence-corrected chi connectivity index (χ3v) is 5.74. The lowest BCUT2D eigenvalue weighted by Gasteiger charge is -2.28. The van der Waals surface area contributed by atoms with Crippen LogP contribution in [0.25, 0.3) is 0 Å². The van der Waals surface area contributed by atoms with Gasteiger partial charge in [-0.05, 0) is 58.4 Å². The zero-order valence-electron chi connectivity index (χ0n) is 22.4. The Labute approximate surface area is 222 Å². The summed E-state index contributed by atoms with van der Waals surface area (Å²) < 4.78 is 28.9. The first-order chi connectivity index (χ1) is 17.1. The smallest absolute Gasteiger partial charge is 0.221 e. The average Bonchev–Trinajstić information content (AvgIpc) is 2.77. The molecule has 10 N–H and O–H groups in total. The number of rotatable bonds is 16. The van der Waals surface area contributed by atoms with Crippen molar-refractivity contribution < 1.29 is 23.8 Å². The third kappa shape index (κ3) is 14.0. The Morgan fingerprint density at radius 1 is 1.19 bits per heavy atom. The van der Waals surface area contributed by atoms with Crippen LogP contribution in [0.4, 0.5) is 8.78 Å². The number of amides is 1. The summed E-state index contributed by atoms with van der Waals surface area (Å²) in [6, 6.07) is 0. The van der Waals surface area contributed by atoms with Crippen LogP contribution in [0.3, 0.4) is 0 Å². The predicted molar refractivity (Wildman–Crippen MR) is 147 cm³/mol. The molecular formula is C25H42F2N6O3S. The zero-order chi connectivity index (χ0) is 28.8. The van der Waals surface area contributed by atoms with Gasteiger partial charge in [0.2, 0.25) is 5.91 Å². The topological polar surface area (TPSA) is 163 Å². The van der Waals surface area contributed by atoms with Crippen molar-refractivity contribution in [2.24, 2.45) is 17.3 Å².